The Kier molecular flexibility index (Phi) is 6.06. The Balaban J connectivity index is 1.48. The zero-order chi connectivity index (χ0) is 21.9. The number of likely N-dealkylation sites (tertiary alicyclic amines) is 1. The van der Waals surface area contributed by atoms with Crippen LogP contribution in [0, 0.1) is 0 Å². The van der Waals surface area contributed by atoms with Gasteiger partial charge in [0.25, 0.3) is 0 Å². The Labute approximate surface area is 193 Å². The quantitative estimate of drug-likeness (QED) is 0.478. The van der Waals surface area contributed by atoms with E-state index in [4.69, 9.17) is 16.6 Å². The van der Waals surface area contributed by atoms with Crippen LogP contribution in [-0.2, 0) is 11.3 Å². The van der Waals surface area contributed by atoms with Crippen LogP contribution >= 0.6 is 11.6 Å². The number of anilines is 1. The van der Waals surface area contributed by atoms with Gasteiger partial charge in [-0.15, -0.1) is 0 Å². The molecule has 2 aliphatic heterocycles. The fourth-order valence-corrected chi connectivity index (χ4v) is 4.77. The molecule has 32 heavy (non-hydrogen) atoms. The number of hydrogen-bond donors (Lipinski definition) is 1. The fourth-order valence-electron chi connectivity index (χ4n) is 4.60. The lowest BCUT2D eigenvalue weighted by atomic mass is 9.90. The molecule has 1 unspecified atom stereocenters. The predicted molar refractivity (Wildman–Crippen MR) is 131 cm³/mol. The van der Waals surface area contributed by atoms with Crippen molar-refractivity contribution in [3.8, 4) is 0 Å². The van der Waals surface area contributed by atoms with Crippen molar-refractivity contribution in [2.75, 3.05) is 18.4 Å². The normalized spacial score (nSPS) is 19.0. The first-order chi connectivity index (χ1) is 15.7. The molecule has 162 valence electrons. The third-order valence-corrected chi connectivity index (χ3v) is 6.47. The second-order valence-electron chi connectivity index (χ2n) is 8.52. The van der Waals surface area contributed by atoms with Crippen LogP contribution in [0.4, 0.5) is 11.4 Å². The lowest BCUT2D eigenvalue weighted by Crippen LogP contribution is -2.28. The zero-order valence-corrected chi connectivity index (χ0v) is 18.7. The minimum atomic E-state index is -0.474. The maximum Gasteiger partial charge on any atom is 0.238 e. The molecule has 0 bridgehead atoms. The van der Waals surface area contributed by atoms with E-state index in [0.29, 0.717) is 5.02 Å². The van der Waals surface area contributed by atoms with Crippen LogP contribution in [-0.4, -0.2) is 29.6 Å². The van der Waals surface area contributed by atoms with Crippen LogP contribution in [0.1, 0.15) is 41.9 Å². The van der Waals surface area contributed by atoms with Gasteiger partial charge in [-0.05, 0) is 66.9 Å². The first-order valence-corrected chi connectivity index (χ1v) is 11.6. The molecular formula is C27H26ClN3O. The molecule has 0 spiro atoms. The number of nitrogens with zero attached hydrogens (tertiary/aromatic N) is 2. The minimum Gasteiger partial charge on any atom is -0.325 e. The number of carbonyl (C=O) groups is 1. The largest absolute Gasteiger partial charge is 0.325 e. The average Bonchev–Trinajstić information content (AvgIpc) is 3.14. The lowest BCUT2D eigenvalue weighted by molar-refractivity contribution is -0.115. The molecule has 3 aromatic carbocycles. The number of benzene rings is 3. The van der Waals surface area contributed by atoms with Crippen LogP contribution in [0.15, 0.2) is 77.8 Å². The average molecular weight is 444 g/mol. The molecule has 2 heterocycles. The third-order valence-electron chi connectivity index (χ3n) is 6.23. The number of nitrogens with one attached hydrogen (secondary N) is 1. The van der Waals surface area contributed by atoms with E-state index < -0.39 is 5.92 Å². The van der Waals surface area contributed by atoms with Crippen molar-refractivity contribution < 1.29 is 4.79 Å². The Bertz CT molecular complexity index is 1140. The summed E-state index contributed by atoms with van der Waals surface area (Å²) in [5, 5.41) is 3.57. The van der Waals surface area contributed by atoms with E-state index in [-0.39, 0.29) is 5.91 Å². The number of fused-ring (bicyclic) bond motifs is 1. The Morgan fingerprint density at radius 2 is 1.72 bits per heavy atom. The highest BCUT2D eigenvalue weighted by Crippen LogP contribution is 2.37. The Morgan fingerprint density at radius 3 is 2.47 bits per heavy atom. The molecule has 5 rings (SSSR count). The predicted octanol–water partition coefficient (Wildman–Crippen LogP) is 6.18. The van der Waals surface area contributed by atoms with Crippen molar-refractivity contribution >= 4 is 34.6 Å². The van der Waals surface area contributed by atoms with Crippen LogP contribution < -0.4 is 5.32 Å². The minimum absolute atomic E-state index is 0.0772. The maximum absolute atomic E-state index is 13.0. The summed E-state index contributed by atoms with van der Waals surface area (Å²) in [4.78, 5) is 20.5. The molecule has 1 N–H and O–H groups in total. The molecule has 0 radical (unpaired) electrons. The fraction of sp³-hybridized carbons (Fsp3) is 0.259. The standard InChI is InChI=1S/C27H26ClN3O/c28-21-11-14-23-24(17-21)30-27(32)25(23)26(20-7-3-1-4-8-20)29-22-12-9-19(10-13-22)18-31-15-5-2-6-16-31/h1,3-4,7-14,17,25H,2,5-6,15-16,18H2,(H,30,32). The number of halogens is 1. The van der Waals surface area contributed by atoms with E-state index in [1.54, 1.807) is 6.07 Å². The van der Waals surface area contributed by atoms with Crippen molar-refractivity contribution in [2.24, 2.45) is 4.99 Å². The number of piperidine rings is 1. The Morgan fingerprint density at radius 1 is 0.969 bits per heavy atom. The highest BCUT2D eigenvalue weighted by atomic mass is 35.5. The smallest absolute Gasteiger partial charge is 0.238 e. The SMILES string of the molecule is O=C1Nc2cc(Cl)ccc2C1C(=Nc1ccc(CN2CCCCC2)cc1)c1ccccc1. The van der Waals surface area contributed by atoms with Crippen LogP contribution in [0.25, 0.3) is 0 Å². The van der Waals surface area contributed by atoms with Crippen LogP contribution in [0.2, 0.25) is 5.02 Å². The maximum atomic E-state index is 13.0. The van der Waals surface area contributed by atoms with Crippen molar-refractivity contribution in [3.05, 3.63) is 94.5 Å². The van der Waals surface area contributed by atoms with Gasteiger partial charge in [-0.3, -0.25) is 14.7 Å². The molecule has 0 aromatic heterocycles. The first kappa shape index (κ1) is 20.9. The molecule has 1 atom stereocenters. The van der Waals surface area contributed by atoms with Gasteiger partial charge < -0.3 is 5.32 Å². The number of amides is 1. The highest BCUT2D eigenvalue weighted by Gasteiger charge is 2.35. The number of aliphatic imine (C=N–C) groups is 1. The topological polar surface area (TPSA) is 44.7 Å². The summed E-state index contributed by atoms with van der Waals surface area (Å²) in [7, 11) is 0. The summed E-state index contributed by atoms with van der Waals surface area (Å²) in [6, 6.07) is 23.9. The van der Waals surface area contributed by atoms with E-state index in [2.05, 4.69) is 34.5 Å². The number of hydrogen-bond acceptors (Lipinski definition) is 3. The molecule has 2 aliphatic rings. The first-order valence-electron chi connectivity index (χ1n) is 11.2. The van der Waals surface area contributed by atoms with Crippen molar-refractivity contribution in [3.63, 3.8) is 0 Å². The summed E-state index contributed by atoms with van der Waals surface area (Å²) < 4.78 is 0. The molecular weight excluding hydrogens is 418 g/mol. The number of rotatable bonds is 5. The van der Waals surface area contributed by atoms with Gasteiger partial charge >= 0.3 is 0 Å². The Hall–Kier alpha value is -2.95. The van der Waals surface area contributed by atoms with Gasteiger partial charge in [-0.1, -0.05) is 66.6 Å². The van der Waals surface area contributed by atoms with E-state index in [9.17, 15) is 4.79 Å². The summed E-state index contributed by atoms with van der Waals surface area (Å²) in [5.41, 5.74) is 5.49. The molecule has 3 aromatic rings. The summed E-state index contributed by atoms with van der Waals surface area (Å²) in [6.07, 6.45) is 3.92. The lowest BCUT2D eigenvalue weighted by Gasteiger charge is -2.26. The molecule has 1 amide bonds. The summed E-state index contributed by atoms with van der Waals surface area (Å²) in [5.74, 6) is -0.552. The van der Waals surface area contributed by atoms with Gasteiger partial charge in [0.15, 0.2) is 0 Å². The number of carbonyl (C=O) groups excluding carboxylic acids is 1. The summed E-state index contributed by atoms with van der Waals surface area (Å²) in [6.45, 7) is 3.34. The highest BCUT2D eigenvalue weighted by molar-refractivity contribution is 6.31. The van der Waals surface area contributed by atoms with E-state index >= 15 is 0 Å². The summed E-state index contributed by atoms with van der Waals surface area (Å²) >= 11 is 6.14. The molecule has 1 saturated heterocycles. The third kappa shape index (κ3) is 4.47. The molecule has 5 heteroatoms. The molecule has 0 saturated carbocycles. The van der Waals surface area contributed by atoms with E-state index in [0.717, 1.165) is 34.8 Å². The van der Waals surface area contributed by atoms with Gasteiger partial charge in [0, 0.05) is 17.3 Å². The second-order valence-corrected chi connectivity index (χ2v) is 8.96. The van der Waals surface area contributed by atoms with Crippen molar-refractivity contribution in [2.45, 2.75) is 31.7 Å². The van der Waals surface area contributed by atoms with Crippen molar-refractivity contribution in [1.29, 1.82) is 0 Å². The van der Waals surface area contributed by atoms with Gasteiger partial charge in [-0.2, -0.15) is 0 Å². The van der Waals surface area contributed by atoms with Gasteiger partial charge in [0.2, 0.25) is 5.91 Å². The van der Waals surface area contributed by atoms with E-state index in [1.165, 1.54) is 37.9 Å². The molecule has 4 nitrogen and oxygen atoms in total. The molecule has 0 aliphatic carbocycles. The van der Waals surface area contributed by atoms with Crippen LogP contribution in [0.5, 0.6) is 0 Å². The van der Waals surface area contributed by atoms with Crippen LogP contribution in [0.3, 0.4) is 0 Å². The van der Waals surface area contributed by atoms with E-state index in [1.807, 2.05) is 42.5 Å². The molecule has 1 fully saturated rings. The monoisotopic (exact) mass is 443 g/mol. The van der Waals surface area contributed by atoms with Gasteiger partial charge in [0.1, 0.15) is 5.92 Å². The zero-order valence-electron chi connectivity index (χ0n) is 17.9. The van der Waals surface area contributed by atoms with Gasteiger partial charge in [-0.25, -0.2) is 0 Å². The van der Waals surface area contributed by atoms with Crippen molar-refractivity contribution in [1.82, 2.24) is 4.90 Å². The second kappa shape index (κ2) is 9.27. The van der Waals surface area contributed by atoms with Gasteiger partial charge in [0.05, 0.1) is 11.4 Å².